The molecule has 0 fully saturated rings. The Balaban J connectivity index is 2.09. The lowest BCUT2D eigenvalue weighted by atomic mass is 10.2. The minimum absolute atomic E-state index is 0.00420. The van der Waals surface area contributed by atoms with Crippen LogP contribution in [0.3, 0.4) is 0 Å². The summed E-state index contributed by atoms with van der Waals surface area (Å²) in [5.74, 6) is 0.678. The number of hydrogen-bond donors (Lipinski definition) is 1. The molecule has 0 bridgehead atoms. The van der Waals surface area contributed by atoms with Gasteiger partial charge >= 0.3 is 0 Å². The van der Waals surface area contributed by atoms with Crippen LogP contribution in [0.5, 0.6) is 11.5 Å². The van der Waals surface area contributed by atoms with Gasteiger partial charge in [-0.1, -0.05) is 11.6 Å². The summed E-state index contributed by atoms with van der Waals surface area (Å²) in [6.45, 7) is 0. The fourth-order valence-corrected chi connectivity index (χ4v) is 1.79. The summed E-state index contributed by atoms with van der Waals surface area (Å²) in [6.07, 6.45) is 4.22. The van der Waals surface area contributed by atoms with Crippen molar-refractivity contribution in [3.8, 4) is 11.5 Å². The number of carbonyl (C=O) groups is 1. The normalized spacial score (nSPS) is 10.5. The third-order valence-electron chi connectivity index (χ3n) is 2.62. The monoisotopic (exact) mass is 320 g/mol. The van der Waals surface area contributed by atoms with Gasteiger partial charge in [0.25, 0.3) is 5.91 Å². The second-order valence-corrected chi connectivity index (χ2v) is 4.40. The van der Waals surface area contributed by atoms with E-state index < -0.39 is 5.91 Å². The Morgan fingerprint density at radius 1 is 1.18 bits per heavy atom. The summed E-state index contributed by atoms with van der Waals surface area (Å²) in [7, 11) is 3.10. The number of nitrogens with one attached hydrogen (secondary N) is 1. The van der Waals surface area contributed by atoms with Crippen LogP contribution in [0.1, 0.15) is 16.1 Å². The van der Waals surface area contributed by atoms with Crippen molar-refractivity contribution in [1.29, 1.82) is 0 Å². The largest absolute Gasteiger partial charge is 0.497 e. The number of amides is 1. The Morgan fingerprint density at radius 2 is 1.82 bits per heavy atom. The summed E-state index contributed by atoms with van der Waals surface area (Å²) < 4.78 is 10.3. The zero-order valence-electron chi connectivity index (χ0n) is 11.9. The van der Waals surface area contributed by atoms with Gasteiger partial charge < -0.3 is 9.47 Å². The van der Waals surface area contributed by atoms with Crippen molar-refractivity contribution in [2.24, 2.45) is 5.10 Å². The lowest BCUT2D eigenvalue weighted by Crippen LogP contribution is -2.19. The van der Waals surface area contributed by atoms with E-state index in [0.717, 1.165) is 0 Å². The van der Waals surface area contributed by atoms with Gasteiger partial charge in [-0.25, -0.2) is 15.4 Å². The Labute approximate surface area is 131 Å². The van der Waals surface area contributed by atoms with Gasteiger partial charge in [-0.2, -0.15) is 5.10 Å². The number of nitrogens with zero attached hydrogens (tertiary/aromatic N) is 3. The lowest BCUT2D eigenvalue weighted by molar-refractivity contribution is 0.0950. The van der Waals surface area contributed by atoms with E-state index >= 15 is 0 Å². The highest BCUT2D eigenvalue weighted by molar-refractivity contribution is 6.32. The van der Waals surface area contributed by atoms with Gasteiger partial charge in [0.2, 0.25) is 0 Å². The second kappa shape index (κ2) is 7.37. The van der Waals surface area contributed by atoms with E-state index in [0.29, 0.717) is 17.1 Å². The first kappa shape index (κ1) is 15.7. The van der Waals surface area contributed by atoms with Crippen LogP contribution < -0.4 is 14.9 Å². The number of aromatic nitrogens is 2. The van der Waals surface area contributed by atoms with E-state index in [1.165, 1.54) is 18.6 Å². The predicted octanol–water partition coefficient (Wildman–Crippen LogP) is 1.91. The summed E-state index contributed by atoms with van der Waals surface area (Å²) >= 11 is 5.77. The van der Waals surface area contributed by atoms with Gasteiger partial charge in [-0.3, -0.25) is 4.79 Å². The molecule has 0 spiro atoms. The fraction of sp³-hybridized carbons (Fsp3) is 0.143. The topological polar surface area (TPSA) is 85.7 Å². The van der Waals surface area contributed by atoms with Gasteiger partial charge in [0.1, 0.15) is 11.5 Å². The molecule has 1 aromatic carbocycles. The van der Waals surface area contributed by atoms with Crippen LogP contribution >= 0.6 is 11.6 Å². The average Bonchev–Trinajstić information content (AvgIpc) is 2.54. The van der Waals surface area contributed by atoms with Crippen LogP contribution in [0, 0.1) is 0 Å². The molecule has 2 rings (SSSR count). The first-order chi connectivity index (χ1) is 10.6. The number of hydrogen-bond acceptors (Lipinski definition) is 6. The van der Waals surface area contributed by atoms with Crippen LogP contribution in [0.25, 0.3) is 0 Å². The van der Waals surface area contributed by atoms with Crippen molar-refractivity contribution in [3.63, 3.8) is 0 Å². The third kappa shape index (κ3) is 3.92. The molecule has 0 aliphatic heterocycles. The molecule has 0 aliphatic rings. The number of methoxy groups -OCH3 is 2. The highest BCUT2D eigenvalue weighted by Crippen LogP contribution is 2.21. The van der Waals surface area contributed by atoms with Crippen LogP contribution in [-0.2, 0) is 0 Å². The van der Waals surface area contributed by atoms with Gasteiger partial charge in [-0.15, -0.1) is 0 Å². The zero-order chi connectivity index (χ0) is 15.9. The van der Waals surface area contributed by atoms with Gasteiger partial charge in [0, 0.05) is 24.0 Å². The molecule has 2 aromatic rings. The van der Waals surface area contributed by atoms with Crippen molar-refractivity contribution in [2.45, 2.75) is 0 Å². The molecule has 114 valence electrons. The summed E-state index contributed by atoms with van der Waals surface area (Å²) in [4.78, 5) is 19.4. The molecule has 1 N–H and O–H groups in total. The van der Waals surface area contributed by atoms with Crippen molar-refractivity contribution in [1.82, 2.24) is 15.4 Å². The third-order valence-corrected chi connectivity index (χ3v) is 2.90. The predicted molar refractivity (Wildman–Crippen MR) is 81.6 cm³/mol. The number of carbonyl (C=O) groups excluding carboxylic acids is 1. The number of benzene rings is 1. The smallest absolute Gasteiger partial charge is 0.293 e. The van der Waals surface area contributed by atoms with E-state index in [1.807, 2.05) is 0 Å². The summed E-state index contributed by atoms with van der Waals surface area (Å²) in [5.41, 5.74) is 3.03. The minimum atomic E-state index is -0.552. The van der Waals surface area contributed by atoms with Crippen molar-refractivity contribution in [2.75, 3.05) is 14.2 Å². The van der Waals surface area contributed by atoms with Crippen LogP contribution in [0.2, 0.25) is 5.15 Å². The highest BCUT2D eigenvalue weighted by Gasteiger charge is 2.11. The summed E-state index contributed by atoms with van der Waals surface area (Å²) in [6, 6.07) is 5.22. The van der Waals surface area contributed by atoms with E-state index in [1.54, 1.807) is 32.4 Å². The van der Waals surface area contributed by atoms with E-state index in [-0.39, 0.29) is 10.8 Å². The zero-order valence-corrected chi connectivity index (χ0v) is 12.7. The highest BCUT2D eigenvalue weighted by atomic mass is 35.5. The maximum absolute atomic E-state index is 11.8. The van der Waals surface area contributed by atoms with Gasteiger partial charge in [-0.05, 0) is 12.1 Å². The van der Waals surface area contributed by atoms with Gasteiger partial charge in [0.05, 0.1) is 20.4 Å². The number of halogens is 1. The van der Waals surface area contributed by atoms with Crippen LogP contribution in [0.4, 0.5) is 0 Å². The Morgan fingerprint density at radius 3 is 2.41 bits per heavy atom. The second-order valence-electron chi connectivity index (χ2n) is 4.04. The lowest BCUT2D eigenvalue weighted by Gasteiger charge is -2.05. The molecule has 0 radical (unpaired) electrons. The molecule has 1 amide bonds. The average molecular weight is 321 g/mol. The number of ether oxygens (including phenoxy) is 2. The van der Waals surface area contributed by atoms with E-state index in [9.17, 15) is 4.79 Å². The molecule has 22 heavy (non-hydrogen) atoms. The van der Waals surface area contributed by atoms with E-state index in [2.05, 4.69) is 20.5 Å². The maximum atomic E-state index is 11.8. The molecule has 0 aliphatic carbocycles. The standard InChI is InChI=1S/C14H13ClN4O3/c1-21-10-5-9(6-11(7-10)22-2)8-18-19-14(20)12-13(15)17-4-3-16-12/h3-8H,1-2H3,(H,19,20)/b18-8+. The molecular weight excluding hydrogens is 308 g/mol. The minimum Gasteiger partial charge on any atom is -0.497 e. The molecule has 7 nitrogen and oxygen atoms in total. The molecule has 0 saturated heterocycles. The fourth-order valence-electron chi connectivity index (χ4n) is 1.60. The quantitative estimate of drug-likeness (QED) is 0.672. The first-order valence-corrected chi connectivity index (χ1v) is 6.55. The Hall–Kier alpha value is -2.67. The number of hydrazone groups is 1. The molecule has 0 unspecified atom stereocenters. The molecule has 1 heterocycles. The SMILES string of the molecule is COc1cc(/C=N/NC(=O)c2nccnc2Cl)cc(OC)c1. The van der Waals surface area contributed by atoms with Crippen LogP contribution in [-0.4, -0.2) is 36.3 Å². The molecule has 0 saturated carbocycles. The molecule has 8 heteroatoms. The first-order valence-electron chi connectivity index (χ1n) is 6.17. The van der Waals surface area contributed by atoms with Crippen molar-refractivity contribution in [3.05, 3.63) is 47.0 Å². The van der Waals surface area contributed by atoms with Crippen molar-refractivity contribution < 1.29 is 14.3 Å². The maximum Gasteiger partial charge on any atom is 0.293 e. The Kier molecular flexibility index (Phi) is 5.26. The van der Waals surface area contributed by atoms with Crippen molar-refractivity contribution >= 4 is 23.7 Å². The summed E-state index contributed by atoms with van der Waals surface area (Å²) in [5, 5.41) is 3.86. The Bertz CT molecular complexity index is 684. The molecule has 1 aromatic heterocycles. The molecular formula is C14H13ClN4O3. The molecule has 0 atom stereocenters. The number of rotatable bonds is 5. The van der Waals surface area contributed by atoms with Gasteiger partial charge in [0.15, 0.2) is 10.8 Å². The van der Waals surface area contributed by atoms with Crippen LogP contribution in [0.15, 0.2) is 35.7 Å². The van der Waals surface area contributed by atoms with E-state index in [4.69, 9.17) is 21.1 Å².